The third-order valence-corrected chi connectivity index (χ3v) is 1.48. The summed E-state index contributed by atoms with van der Waals surface area (Å²) in [7, 11) is 1.38. The average Bonchev–Trinajstić information content (AvgIpc) is 2.10. The second-order valence-corrected chi connectivity index (χ2v) is 2.42. The minimum Gasteiger partial charge on any atom is -0.469 e. The first kappa shape index (κ1) is 10.9. The largest absolute Gasteiger partial charge is 0.469 e. The molecular weight excluding hydrogens is 158 g/mol. The van der Waals surface area contributed by atoms with Crippen LogP contribution in [-0.4, -0.2) is 26.0 Å². The highest BCUT2D eigenvalue weighted by Crippen LogP contribution is 1.99. The number of unbranched alkanes of at least 4 members (excludes halogenated alkanes) is 2. The topological polar surface area (TPSA) is 55.4 Å². The van der Waals surface area contributed by atoms with Crippen LogP contribution in [0.25, 0.3) is 0 Å². The number of nitrogens with one attached hydrogen (secondary N) is 1. The molecule has 0 rings (SSSR count). The average molecular weight is 172 g/mol. The van der Waals surface area contributed by atoms with Crippen molar-refractivity contribution >= 4 is 12.4 Å². The normalized spacial score (nSPS) is 9.08. The van der Waals surface area contributed by atoms with Gasteiger partial charge in [0.25, 0.3) is 0 Å². The highest BCUT2D eigenvalue weighted by atomic mass is 16.5. The van der Waals surface area contributed by atoms with Crippen LogP contribution in [0.2, 0.25) is 0 Å². The van der Waals surface area contributed by atoms with Gasteiger partial charge in [0.1, 0.15) is 0 Å². The Morgan fingerprint density at radius 1 is 1.42 bits per heavy atom. The van der Waals surface area contributed by atoms with Crippen molar-refractivity contribution < 1.29 is 14.3 Å². The molecule has 0 aromatic heterocycles. The van der Waals surface area contributed by atoms with Gasteiger partial charge in [-0.15, -0.1) is 0 Å². The van der Waals surface area contributed by atoms with Crippen molar-refractivity contribution in [3.05, 3.63) is 0 Å². The lowest BCUT2D eigenvalue weighted by atomic mass is 10.2. The minimum absolute atomic E-state index is 0.176. The molecule has 0 fully saturated rings. The van der Waals surface area contributed by atoms with E-state index in [1.165, 1.54) is 7.11 Å². The molecule has 1 radical (unpaired) electrons. The summed E-state index contributed by atoms with van der Waals surface area (Å²) in [5, 5.41) is 2.43. The van der Waals surface area contributed by atoms with E-state index < -0.39 is 0 Å². The molecule has 0 aliphatic carbocycles. The fourth-order valence-electron chi connectivity index (χ4n) is 0.813. The molecule has 0 heterocycles. The van der Waals surface area contributed by atoms with Gasteiger partial charge >= 0.3 is 12.4 Å². The number of ether oxygens (including phenoxy) is 1. The number of hydrogen-bond donors (Lipinski definition) is 1. The summed E-state index contributed by atoms with van der Waals surface area (Å²) in [4.78, 5) is 20.3. The standard InChI is InChI=1S/C8H14NO3/c1-12-8(11)5-3-2-4-6-9-7-10/h2-6H2,1H3,(H,9,10). The van der Waals surface area contributed by atoms with Crippen molar-refractivity contribution in [1.29, 1.82) is 0 Å². The molecule has 1 amide bonds. The van der Waals surface area contributed by atoms with Crippen LogP contribution in [0.1, 0.15) is 25.7 Å². The molecule has 0 atom stereocenters. The zero-order valence-corrected chi connectivity index (χ0v) is 7.26. The van der Waals surface area contributed by atoms with E-state index in [9.17, 15) is 9.59 Å². The number of methoxy groups -OCH3 is 1. The number of carbonyl (C=O) groups excluding carboxylic acids is 2. The number of esters is 1. The molecule has 1 N–H and O–H groups in total. The first-order chi connectivity index (χ1) is 5.81. The van der Waals surface area contributed by atoms with Gasteiger partial charge in [-0.1, -0.05) is 6.42 Å². The minimum atomic E-state index is -0.176. The molecular formula is C8H14NO3. The van der Waals surface area contributed by atoms with Gasteiger partial charge in [0, 0.05) is 13.0 Å². The summed E-state index contributed by atoms with van der Waals surface area (Å²) in [6.45, 7) is 0.630. The van der Waals surface area contributed by atoms with Gasteiger partial charge in [-0.25, -0.2) is 0 Å². The van der Waals surface area contributed by atoms with Crippen LogP contribution in [-0.2, 0) is 14.3 Å². The molecule has 0 spiro atoms. The molecule has 0 saturated carbocycles. The predicted octanol–water partition coefficient (Wildman–Crippen LogP) is 0.377. The van der Waals surface area contributed by atoms with Crippen LogP contribution in [0.15, 0.2) is 0 Å². The van der Waals surface area contributed by atoms with Gasteiger partial charge in [0.15, 0.2) is 0 Å². The van der Waals surface area contributed by atoms with E-state index in [-0.39, 0.29) is 5.97 Å². The van der Waals surface area contributed by atoms with Crippen LogP contribution in [0, 0.1) is 0 Å². The van der Waals surface area contributed by atoms with Crippen molar-refractivity contribution in [2.24, 2.45) is 0 Å². The second-order valence-electron chi connectivity index (χ2n) is 2.42. The Hall–Kier alpha value is -1.06. The molecule has 0 unspecified atom stereocenters. The van der Waals surface area contributed by atoms with Crippen molar-refractivity contribution in [3.8, 4) is 0 Å². The summed E-state index contributed by atoms with van der Waals surface area (Å²) in [6.07, 6.45) is 4.66. The molecule has 69 valence electrons. The SMILES string of the molecule is COC(=O)CCCCCN[C]=O. The molecule has 4 nitrogen and oxygen atoms in total. The Bertz CT molecular complexity index is 136. The smallest absolute Gasteiger partial charge is 0.309 e. The van der Waals surface area contributed by atoms with Crippen LogP contribution < -0.4 is 5.32 Å². The van der Waals surface area contributed by atoms with Gasteiger partial charge < -0.3 is 10.1 Å². The molecule has 4 heteroatoms. The van der Waals surface area contributed by atoms with Crippen molar-refractivity contribution in [3.63, 3.8) is 0 Å². The molecule has 0 bridgehead atoms. The Labute approximate surface area is 72.3 Å². The molecule has 0 aliphatic heterocycles. The quantitative estimate of drug-likeness (QED) is 0.343. The first-order valence-electron chi connectivity index (χ1n) is 3.98. The molecule has 0 aliphatic rings. The third-order valence-electron chi connectivity index (χ3n) is 1.48. The van der Waals surface area contributed by atoms with E-state index >= 15 is 0 Å². The predicted molar refractivity (Wildman–Crippen MR) is 44.2 cm³/mol. The Morgan fingerprint density at radius 3 is 2.75 bits per heavy atom. The molecule has 0 aromatic rings. The summed E-state index contributed by atoms with van der Waals surface area (Å²) < 4.78 is 4.46. The van der Waals surface area contributed by atoms with Gasteiger partial charge in [-0.05, 0) is 12.8 Å². The number of carbonyl (C=O) groups is 1. The number of rotatable bonds is 7. The Morgan fingerprint density at radius 2 is 2.17 bits per heavy atom. The summed E-state index contributed by atoms with van der Waals surface area (Å²) in [5.74, 6) is -0.176. The zero-order valence-electron chi connectivity index (χ0n) is 7.26. The lowest BCUT2D eigenvalue weighted by Gasteiger charge is -1.99. The Kier molecular flexibility index (Phi) is 7.33. The van der Waals surface area contributed by atoms with E-state index in [0.717, 1.165) is 19.3 Å². The van der Waals surface area contributed by atoms with Crippen LogP contribution >= 0.6 is 0 Å². The zero-order chi connectivity index (χ0) is 9.23. The molecule has 0 aromatic carbocycles. The summed E-state index contributed by atoms with van der Waals surface area (Å²) in [6, 6.07) is 0. The van der Waals surface area contributed by atoms with Gasteiger partial charge in [0.05, 0.1) is 7.11 Å². The molecule has 12 heavy (non-hydrogen) atoms. The van der Waals surface area contributed by atoms with E-state index in [1.807, 2.05) is 0 Å². The highest BCUT2D eigenvalue weighted by molar-refractivity contribution is 5.68. The van der Waals surface area contributed by atoms with E-state index in [2.05, 4.69) is 10.1 Å². The fourth-order valence-corrected chi connectivity index (χ4v) is 0.813. The van der Waals surface area contributed by atoms with Crippen molar-refractivity contribution in [1.82, 2.24) is 5.32 Å². The second kappa shape index (κ2) is 8.04. The fraction of sp³-hybridized carbons (Fsp3) is 0.750. The number of hydrogen-bond acceptors (Lipinski definition) is 3. The maximum Gasteiger partial charge on any atom is 0.309 e. The lowest BCUT2D eigenvalue weighted by molar-refractivity contribution is -0.140. The van der Waals surface area contributed by atoms with E-state index in [1.54, 1.807) is 6.41 Å². The van der Waals surface area contributed by atoms with E-state index in [4.69, 9.17) is 0 Å². The maximum absolute atomic E-state index is 10.6. The molecule has 0 saturated heterocycles. The van der Waals surface area contributed by atoms with Crippen LogP contribution in [0.5, 0.6) is 0 Å². The first-order valence-corrected chi connectivity index (χ1v) is 3.98. The maximum atomic E-state index is 10.6. The number of amides is 1. The van der Waals surface area contributed by atoms with Crippen LogP contribution in [0.3, 0.4) is 0 Å². The van der Waals surface area contributed by atoms with Crippen LogP contribution in [0.4, 0.5) is 0 Å². The monoisotopic (exact) mass is 172 g/mol. The van der Waals surface area contributed by atoms with Crippen molar-refractivity contribution in [2.45, 2.75) is 25.7 Å². The van der Waals surface area contributed by atoms with Gasteiger partial charge in [-0.3, -0.25) is 9.59 Å². The lowest BCUT2D eigenvalue weighted by Crippen LogP contribution is -2.11. The Balaban J connectivity index is 3.00. The van der Waals surface area contributed by atoms with E-state index in [0.29, 0.717) is 13.0 Å². The van der Waals surface area contributed by atoms with Crippen molar-refractivity contribution in [2.75, 3.05) is 13.7 Å². The summed E-state index contributed by atoms with van der Waals surface area (Å²) in [5.41, 5.74) is 0. The van der Waals surface area contributed by atoms with Gasteiger partial charge in [0.2, 0.25) is 0 Å². The van der Waals surface area contributed by atoms with Gasteiger partial charge in [-0.2, -0.15) is 0 Å². The summed E-state index contributed by atoms with van der Waals surface area (Å²) >= 11 is 0. The third kappa shape index (κ3) is 7.05. The highest BCUT2D eigenvalue weighted by Gasteiger charge is 1.98.